The van der Waals surface area contributed by atoms with Crippen LogP contribution in [0.2, 0.25) is 5.02 Å². The van der Waals surface area contributed by atoms with Crippen molar-refractivity contribution in [3.8, 4) is 0 Å². The first-order valence-electron chi connectivity index (χ1n) is 6.71. The average molecular weight is 345 g/mol. The highest BCUT2D eigenvalue weighted by atomic mass is 79.9. The number of hydrogen-bond acceptors (Lipinski definition) is 1. The van der Waals surface area contributed by atoms with Gasteiger partial charge in [-0.2, -0.15) is 0 Å². The van der Waals surface area contributed by atoms with Crippen molar-refractivity contribution in [1.82, 2.24) is 5.32 Å². The minimum atomic E-state index is -0.0105. The van der Waals surface area contributed by atoms with Crippen molar-refractivity contribution in [2.45, 2.75) is 39.2 Å². The highest BCUT2D eigenvalue weighted by Gasteiger charge is 2.25. The van der Waals surface area contributed by atoms with Crippen molar-refractivity contribution < 1.29 is 4.79 Å². The van der Waals surface area contributed by atoms with Crippen molar-refractivity contribution in [3.63, 3.8) is 0 Å². The molecule has 0 heterocycles. The number of amides is 1. The molecule has 2 rings (SSSR count). The third-order valence-corrected chi connectivity index (χ3v) is 4.91. The molecule has 2 nitrogen and oxygen atoms in total. The normalized spacial score (nSPS) is 27.1. The smallest absolute Gasteiger partial charge is 0.251 e. The molecule has 1 aliphatic rings. The molecule has 0 radical (unpaired) electrons. The molecule has 0 bridgehead atoms. The van der Waals surface area contributed by atoms with E-state index < -0.39 is 0 Å². The van der Waals surface area contributed by atoms with Crippen LogP contribution in [0.1, 0.15) is 43.5 Å². The van der Waals surface area contributed by atoms with Crippen LogP contribution in [-0.2, 0) is 0 Å². The van der Waals surface area contributed by atoms with Gasteiger partial charge in [0.05, 0.1) is 5.02 Å². The van der Waals surface area contributed by atoms with Gasteiger partial charge in [0, 0.05) is 16.1 Å². The number of benzene rings is 1. The number of halogens is 2. The van der Waals surface area contributed by atoms with E-state index in [2.05, 4.69) is 35.1 Å². The Balaban J connectivity index is 2.02. The molecular formula is C15H19BrClNO. The highest BCUT2D eigenvalue weighted by Crippen LogP contribution is 2.29. The molecule has 1 amide bonds. The predicted octanol–water partition coefficient (Wildman–Crippen LogP) is 4.66. The second-order valence-electron chi connectivity index (χ2n) is 5.72. The molecule has 1 saturated carbocycles. The molecule has 0 spiro atoms. The van der Waals surface area contributed by atoms with Gasteiger partial charge in [-0.3, -0.25) is 4.79 Å². The van der Waals surface area contributed by atoms with Crippen molar-refractivity contribution in [2.75, 3.05) is 0 Å². The molecule has 104 valence electrons. The summed E-state index contributed by atoms with van der Waals surface area (Å²) in [5.41, 5.74) is 0.655. The van der Waals surface area contributed by atoms with Crippen molar-refractivity contribution in [1.29, 1.82) is 0 Å². The third-order valence-electron chi connectivity index (χ3n) is 3.70. The molecule has 0 aliphatic heterocycles. The van der Waals surface area contributed by atoms with Gasteiger partial charge in [0.1, 0.15) is 0 Å². The lowest BCUT2D eigenvalue weighted by atomic mass is 9.80. The fourth-order valence-corrected chi connectivity index (χ4v) is 3.47. The maximum atomic E-state index is 12.2. The summed E-state index contributed by atoms with van der Waals surface area (Å²) in [5, 5.41) is 3.76. The summed E-state index contributed by atoms with van der Waals surface area (Å²) in [7, 11) is 0. The lowest BCUT2D eigenvalue weighted by Crippen LogP contribution is -2.40. The fraction of sp³-hybridized carbons (Fsp3) is 0.533. The first-order valence-corrected chi connectivity index (χ1v) is 7.88. The molecule has 2 atom stereocenters. The lowest BCUT2D eigenvalue weighted by Gasteiger charge is -2.32. The predicted molar refractivity (Wildman–Crippen MR) is 82.6 cm³/mol. The molecule has 1 fully saturated rings. The van der Waals surface area contributed by atoms with E-state index in [1.807, 2.05) is 0 Å². The monoisotopic (exact) mass is 343 g/mol. The van der Waals surface area contributed by atoms with Gasteiger partial charge in [0.15, 0.2) is 0 Å². The Bertz CT molecular complexity index is 467. The number of hydrogen-bond donors (Lipinski definition) is 1. The van der Waals surface area contributed by atoms with E-state index in [1.54, 1.807) is 18.2 Å². The van der Waals surface area contributed by atoms with Crippen molar-refractivity contribution >= 4 is 33.4 Å². The summed E-state index contributed by atoms with van der Waals surface area (Å²) in [6, 6.07) is 5.57. The molecule has 1 N–H and O–H groups in total. The summed E-state index contributed by atoms with van der Waals surface area (Å²) in [6.45, 7) is 4.52. The van der Waals surface area contributed by atoms with Crippen LogP contribution in [0, 0.1) is 11.8 Å². The topological polar surface area (TPSA) is 29.1 Å². The molecule has 19 heavy (non-hydrogen) atoms. The van der Waals surface area contributed by atoms with Gasteiger partial charge >= 0.3 is 0 Å². The maximum Gasteiger partial charge on any atom is 0.251 e. The molecule has 1 aliphatic carbocycles. The Morgan fingerprint density at radius 2 is 1.89 bits per heavy atom. The second kappa shape index (κ2) is 6.27. The van der Waals surface area contributed by atoms with E-state index in [9.17, 15) is 4.79 Å². The SMILES string of the molecule is CC1CC(C)CC(NC(=O)c2ccc(Cl)c(Br)c2)C1. The zero-order chi connectivity index (χ0) is 14.0. The zero-order valence-corrected chi connectivity index (χ0v) is 13.6. The highest BCUT2D eigenvalue weighted by molar-refractivity contribution is 9.10. The molecular weight excluding hydrogens is 326 g/mol. The molecule has 1 aromatic rings. The van der Waals surface area contributed by atoms with E-state index >= 15 is 0 Å². The summed E-state index contributed by atoms with van der Waals surface area (Å²) < 4.78 is 0.757. The zero-order valence-electron chi connectivity index (χ0n) is 11.2. The Hall–Kier alpha value is -0.540. The van der Waals surface area contributed by atoms with E-state index in [4.69, 9.17) is 11.6 Å². The Morgan fingerprint density at radius 1 is 1.26 bits per heavy atom. The van der Waals surface area contributed by atoms with Crippen molar-refractivity contribution in [2.24, 2.45) is 11.8 Å². The van der Waals surface area contributed by atoms with E-state index in [1.165, 1.54) is 6.42 Å². The van der Waals surface area contributed by atoms with Gasteiger partial charge in [-0.05, 0) is 65.2 Å². The standard InChI is InChI=1S/C15H19BrClNO/c1-9-5-10(2)7-12(6-9)18-15(19)11-3-4-14(17)13(16)8-11/h3-4,8-10,12H,5-7H2,1-2H3,(H,18,19). The first kappa shape index (κ1) is 14.9. The van der Waals surface area contributed by atoms with E-state index in [0.717, 1.165) is 17.3 Å². The maximum absolute atomic E-state index is 12.2. The van der Waals surface area contributed by atoms with E-state index in [0.29, 0.717) is 28.5 Å². The fourth-order valence-electron chi connectivity index (χ4n) is 2.97. The van der Waals surface area contributed by atoms with Gasteiger partial charge < -0.3 is 5.32 Å². The lowest BCUT2D eigenvalue weighted by molar-refractivity contribution is 0.0911. The largest absolute Gasteiger partial charge is 0.349 e. The molecule has 0 saturated heterocycles. The average Bonchev–Trinajstić information content (AvgIpc) is 2.31. The molecule has 4 heteroatoms. The Morgan fingerprint density at radius 3 is 2.47 bits per heavy atom. The molecule has 1 aromatic carbocycles. The first-order chi connectivity index (χ1) is 8.95. The van der Waals surface area contributed by atoms with Crippen LogP contribution in [0.4, 0.5) is 0 Å². The minimum absolute atomic E-state index is 0.0105. The molecule has 2 unspecified atom stereocenters. The van der Waals surface area contributed by atoms with Gasteiger partial charge in [-0.1, -0.05) is 25.4 Å². The minimum Gasteiger partial charge on any atom is -0.349 e. The van der Waals surface area contributed by atoms with Crippen LogP contribution in [0.3, 0.4) is 0 Å². The summed E-state index contributed by atoms with van der Waals surface area (Å²) in [4.78, 5) is 12.2. The van der Waals surface area contributed by atoms with Crippen molar-refractivity contribution in [3.05, 3.63) is 33.3 Å². The summed E-state index contributed by atoms with van der Waals surface area (Å²) in [6.07, 6.45) is 3.41. The van der Waals surface area contributed by atoms with Crippen LogP contribution in [0.15, 0.2) is 22.7 Å². The summed E-state index contributed by atoms with van der Waals surface area (Å²) >= 11 is 9.28. The van der Waals surface area contributed by atoms with Crippen LogP contribution in [-0.4, -0.2) is 11.9 Å². The number of nitrogens with one attached hydrogen (secondary N) is 1. The Labute approximate surface area is 128 Å². The van der Waals surface area contributed by atoms with Crippen LogP contribution in [0.25, 0.3) is 0 Å². The number of carbonyl (C=O) groups is 1. The van der Waals surface area contributed by atoms with Gasteiger partial charge in [0.25, 0.3) is 5.91 Å². The third kappa shape index (κ3) is 3.96. The van der Waals surface area contributed by atoms with Crippen LogP contribution >= 0.6 is 27.5 Å². The number of rotatable bonds is 2. The van der Waals surface area contributed by atoms with E-state index in [-0.39, 0.29) is 5.91 Å². The van der Waals surface area contributed by atoms with Gasteiger partial charge in [-0.15, -0.1) is 0 Å². The Kier molecular flexibility index (Phi) is 4.91. The van der Waals surface area contributed by atoms with Gasteiger partial charge in [-0.25, -0.2) is 0 Å². The summed E-state index contributed by atoms with van der Waals surface area (Å²) in [5.74, 6) is 1.36. The quantitative estimate of drug-likeness (QED) is 0.831. The van der Waals surface area contributed by atoms with Crippen LogP contribution < -0.4 is 5.32 Å². The van der Waals surface area contributed by atoms with Crippen LogP contribution in [0.5, 0.6) is 0 Å². The second-order valence-corrected chi connectivity index (χ2v) is 6.98. The van der Waals surface area contributed by atoms with Gasteiger partial charge in [0.2, 0.25) is 0 Å². The number of carbonyl (C=O) groups excluding carboxylic acids is 1. The molecule has 0 aromatic heterocycles.